The average Bonchev–Trinajstić information content (AvgIpc) is 1.88. The van der Waals surface area contributed by atoms with Gasteiger partial charge < -0.3 is 9.57 Å². The van der Waals surface area contributed by atoms with Crippen LogP contribution in [-0.4, -0.2) is 37.3 Å². The molecule has 0 spiro atoms. The minimum atomic E-state index is -0.512. The van der Waals surface area contributed by atoms with Crippen LogP contribution in [0, 0.1) is 6.92 Å². The van der Waals surface area contributed by atoms with Crippen LogP contribution in [0.25, 0.3) is 0 Å². The van der Waals surface area contributed by atoms with Crippen LogP contribution in [0.15, 0.2) is 0 Å². The van der Waals surface area contributed by atoms with Crippen molar-refractivity contribution < 1.29 is 14.4 Å². The lowest BCUT2D eigenvalue weighted by atomic mass is 10.5. The second kappa shape index (κ2) is 3.53. The maximum absolute atomic E-state index is 10.3. The van der Waals surface area contributed by atoms with Crippen molar-refractivity contribution in [1.29, 1.82) is 0 Å². The summed E-state index contributed by atoms with van der Waals surface area (Å²) in [6.07, 6.45) is 0. The Bertz CT molecular complexity index is 120. The molecule has 57 valence electrons. The van der Waals surface area contributed by atoms with Gasteiger partial charge in [0, 0.05) is 0 Å². The number of hydrogen-bond acceptors (Lipinski definition) is 4. The first kappa shape index (κ1) is 7.50. The second-order valence-corrected chi connectivity index (χ2v) is 2.00. The van der Waals surface area contributed by atoms with Crippen molar-refractivity contribution in [2.24, 2.45) is 0 Å². The minimum absolute atomic E-state index is 0.512. The van der Waals surface area contributed by atoms with Crippen molar-refractivity contribution in [2.75, 3.05) is 26.3 Å². The number of hydrogen-bond donors (Lipinski definition) is 0. The van der Waals surface area contributed by atoms with Crippen LogP contribution >= 0.6 is 0 Å². The van der Waals surface area contributed by atoms with Crippen LogP contribution in [0.2, 0.25) is 0 Å². The Morgan fingerprint density at radius 2 is 2.10 bits per heavy atom. The highest BCUT2D eigenvalue weighted by molar-refractivity contribution is 5.73. The molecular formula is C6H10NO3. The van der Waals surface area contributed by atoms with Gasteiger partial charge in [0.2, 0.25) is 0 Å². The lowest BCUT2D eigenvalue weighted by Gasteiger charge is -2.24. The average molecular weight is 144 g/mol. The number of hydroxylamine groups is 2. The Morgan fingerprint density at radius 1 is 1.50 bits per heavy atom. The molecule has 0 unspecified atom stereocenters. The van der Waals surface area contributed by atoms with Gasteiger partial charge in [-0.15, -0.1) is 5.06 Å². The fourth-order valence-corrected chi connectivity index (χ4v) is 0.782. The molecule has 0 aromatic carbocycles. The highest BCUT2D eigenvalue weighted by Crippen LogP contribution is 1.96. The predicted molar refractivity (Wildman–Crippen MR) is 33.8 cm³/mol. The smallest absolute Gasteiger partial charge is 0.325 e. The summed E-state index contributed by atoms with van der Waals surface area (Å²) in [6.45, 7) is 5.61. The molecule has 4 heteroatoms. The van der Waals surface area contributed by atoms with Gasteiger partial charge >= 0.3 is 5.97 Å². The normalized spacial score (nSPS) is 20.5. The van der Waals surface area contributed by atoms with E-state index in [1.807, 2.05) is 0 Å². The Balaban J connectivity index is 2.19. The molecular weight excluding hydrogens is 134 g/mol. The van der Waals surface area contributed by atoms with Crippen LogP contribution < -0.4 is 0 Å². The number of ether oxygens (including phenoxy) is 1. The Labute approximate surface area is 59.7 Å². The van der Waals surface area contributed by atoms with Gasteiger partial charge in [-0.05, 0) is 0 Å². The number of carbonyl (C=O) groups excluding carboxylic acids is 1. The van der Waals surface area contributed by atoms with Gasteiger partial charge in [0.15, 0.2) is 0 Å². The molecule has 1 aliphatic heterocycles. The molecule has 0 saturated carbocycles. The molecule has 0 aromatic heterocycles. The van der Waals surface area contributed by atoms with Crippen LogP contribution in [-0.2, 0) is 14.4 Å². The van der Waals surface area contributed by atoms with Crippen LogP contribution in [0.4, 0.5) is 0 Å². The molecule has 1 heterocycles. The molecule has 1 radical (unpaired) electrons. The lowest BCUT2D eigenvalue weighted by molar-refractivity contribution is -0.199. The van der Waals surface area contributed by atoms with Crippen molar-refractivity contribution in [3.63, 3.8) is 0 Å². The SMILES string of the molecule is [CH2]C(=O)ON1CCOCC1. The van der Waals surface area contributed by atoms with Crippen LogP contribution in [0.1, 0.15) is 0 Å². The van der Waals surface area contributed by atoms with Gasteiger partial charge in [-0.25, -0.2) is 0 Å². The van der Waals surface area contributed by atoms with Crippen molar-refractivity contribution in [2.45, 2.75) is 0 Å². The minimum Gasteiger partial charge on any atom is -0.379 e. The molecule has 1 fully saturated rings. The first-order chi connectivity index (χ1) is 4.79. The van der Waals surface area contributed by atoms with E-state index in [1.165, 1.54) is 0 Å². The lowest BCUT2D eigenvalue weighted by Crippen LogP contribution is -2.37. The van der Waals surface area contributed by atoms with E-state index >= 15 is 0 Å². The van der Waals surface area contributed by atoms with Gasteiger partial charge in [-0.2, -0.15) is 0 Å². The number of morpholine rings is 1. The summed E-state index contributed by atoms with van der Waals surface area (Å²) in [4.78, 5) is 15.0. The van der Waals surface area contributed by atoms with E-state index in [2.05, 4.69) is 6.92 Å². The Kier molecular flexibility index (Phi) is 2.65. The summed E-state index contributed by atoms with van der Waals surface area (Å²) in [5.41, 5.74) is 0. The fourth-order valence-electron chi connectivity index (χ4n) is 0.782. The van der Waals surface area contributed by atoms with Crippen molar-refractivity contribution in [3.05, 3.63) is 6.92 Å². The monoisotopic (exact) mass is 144 g/mol. The largest absolute Gasteiger partial charge is 0.379 e. The third kappa shape index (κ3) is 2.33. The van der Waals surface area contributed by atoms with E-state index in [9.17, 15) is 4.79 Å². The molecule has 1 rings (SSSR count). The van der Waals surface area contributed by atoms with E-state index < -0.39 is 5.97 Å². The first-order valence-corrected chi connectivity index (χ1v) is 3.15. The number of carbonyl (C=O) groups is 1. The summed E-state index contributed by atoms with van der Waals surface area (Å²) in [5.74, 6) is -0.512. The molecule has 1 aliphatic rings. The topological polar surface area (TPSA) is 38.8 Å². The highest BCUT2D eigenvalue weighted by Gasteiger charge is 2.12. The molecule has 0 aromatic rings. The molecule has 4 nitrogen and oxygen atoms in total. The third-order valence-electron chi connectivity index (χ3n) is 1.20. The summed E-state index contributed by atoms with van der Waals surface area (Å²) in [5, 5.41) is 1.55. The number of nitrogens with zero attached hydrogens (tertiary/aromatic N) is 1. The zero-order valence-corrected chi connectivity index (χ0v) is 5.71. The molecule has 10 heavy (non-hydrogen) atoms. The zero-order valence-electron chi connectivity index (χ0n) is 5.71. The highest BCUT2D eigenvalue weighted by atomic mass is 16.7. The van der Waals surface area contributed by atoms with Gasteiger partial charge in [-0.1, -0.05) is 0 Å². The first-order valence-electron chi connectivity index (χ1n) is 3.15. The summed E-state index contributed by atoms with van der Waals surface area (Å²) >= 11 is 0. The van der Waals surface area contributed by atoms with Crippen LogP contribution in [0.5, 0.6) is 0 Å². The van der Waals surface area contributed by atoms with Crippen molar-refractivity contribution in [1.82, 2.24) is 5.06 Å². The number of rotatable bonds is 1. The standard InChI is InChI=1S/C6H10NO3/c1-6(8)10-7-2-4-9-5-3-7/h1-5H2. The Hall–Kier alpha value is -0.610. The maximum atomic E-state index is 10.3. The van der Waals surface area contributed by atoms with Gasteiger partial charge in [0.05, 0.1) is 33.2 Å². The molecule has 0 amide bonds. The molecule has 1 saturated heterocycles. The zero-order chi connectivity index (χ0) is 7.40. The predicted octanol–water partition coefficient (Wildman–Crippen LogP) is -0.389. The van der Waals surface area contributed by atoms with Crippen LogP contribution in [0.3, 0.4) is 0 Å². The van der Waals surface area contributed by atoms with E-state index in [0.717, 1.165) is 0 Å². The van der Waals surface area contributed by atoms with E-state index in [-0.39, 0.29) is 0 Å². The summed E-state index contributed by atoms with van der Waals surface area (Å²) < 4.78 is 5.03. The van der Waals surface area contributed by atoms with Crippen molar-refractivity contribution >= 4 is 5.97 Å². The van der Waals surface area contributed by atoms with Gasteiger partial charge in [0.1, 0.15) is 0 Å². The molecule has 0 atom stereocenters. The van der Waals surface area contributed by atoms with Gasteiger partial charge in [-0.3, -0.25) is 4.79 Å². The molecule has 0 bridgehead atoms. The second-order valence-electron chi connectivity index (χ2n) is 2.00. The van der Waals surface area contributed by atoms with E-state index in [0.29, 0.717) is 26.3 Å². The molecule has 0 aliphatic carbocycles. The summed E-state index contributed by atoms with van der Waals surface area (Å²) in [7, 11) is 0. The molecule has 0 N–H and O–H groups in total. The van der Waals surface area contributed by atoms with Gasteiger partial charge in [0.25, 0.3) is 0 Å². The fraction of sp³-hybridized carbons (Fsp3) is 0.667. The van der Waals surface area contributed by atoms with E-state index in [1.54, 1.807) is 5.06 Å². The summed E-state index contributed by atoms with van der Waals surface area (Å²) in [6, 6.07) is 0. The quantitative estimate of drug-likeness (QED) is 0.502. The van der Waals surface area contributed by atoms with E-state index in [4.69, 9.17) is 9.57 Å². The maximum Gasteiger partial charge on any atom is 0.325 e. The van der Waals surface area contributed by atoms with Crippen molar-refractivity contribution in [3.8, 4) is 0 Å². The third-order valence-corrected chi connectivity index (χ3v) is 1.20. The Morgan fingerprint density at radius 3 is 2.60 bits per heavy atom.